The zero-order chi connectivity index (χ0) is 14.8. The van der Waals surface area contributed by atoms with E-state index in [0.717, 1.165) is 17.1 Å². The Hall–Kier alpha value is -2.02. The number of hydrogen-bond acceptors (Lipinski definition) is 5. The van der Waals surface area contributed by atoms with Gasteiger partial charge < -0.3 is 14.4 Å². The van der Waals surface area contributed by atoms with Crippen LogP contribution in [0.2, 0.25) is 0 Å². The van der Waals surface area contributed by atoms with Gasteiger partial charge in [-0.05, 0) is 13.0 Å². The number of carboxylic acid groups (broad SMARTS) is 1. The van der Waals surface area contributed by atoms with Crippen LogP contribution in [0.15, 0.2) is 29.4 Å². The monoisotopic (exact) mass is 305 g/mol. The Kier molecular flexibility index (Phi) is 3.83. The van der Waals surface area contributed by atoms with E-state index in [0.29, 0.717) is 18.3 Å². The Morgan fingerprint density at radius 1 is 1.48 bits per heavy atom. The third-order valence-electron chi connectivity index (χ3n) is 3.40. The van der Waals surface area contributed by atoms with E-state index >= 15 is 0 Å². The number of aromatic nitrogens is 3. The molecule has 7 heteroatoms. The van der Waals surface area contributed by atoms with Gasteiger partial charge in [0.15, 0.2) is 5.16 Å². The quantitative estimate of drug-likeness (QED) is 0.851. The molecule has 0 aliphatic carbocycles. The maximum Gasteiger partial charge on any atom is 0.313 e. The fourth-order valence-electron chi connectivity index (χ4n) is 2.46. The van der Waals surface area contributed by atoms with Gasteiger partial charge in [-0.3, -0.25) is 4.79 Å². The molecular formula is C14H15N3O3S. The Balaban J connectivity index is 1.91. The van der Waals surface area contributed by atoms with Crippen LogP contribution in [0.25, 0.3) is 0 Å². The first kappa shape index (κ1) is 13.9. The summed E-state index contributed by atoms with van der Waals surface area (Å²) in [4.78, 5) is 10.7. The molecule has 0 amide bonds. The number of nitrogens with zero attached hydrogens (tertiary/aromatic N) is 3. The second-order valence-corrected chi connectivity index (χ2v) is 5.61. The molecule has 1 N–H and O–H groups in total. The molecule has 1 aromatic heterocycles. The lowest BCUT2D eigenvalue weighted by molar-refractivity contribution is -0.133. The topological polar surface area (TPSA) is 77.2 Å². The molecule has 0 spiro atoms. The van der Waals surface area contributed by atoms with E-state index < -0.39 is 5.97 Å². The van der Waals surface area contributed by atoms with Gasteiger partial charge in [0.1, 0.15) is 18.2 Å². The maximum absolute atomic E-state index is 10.7. The van der Waals surface area contributed by atoms with Crippen molar-refractivity contribution in [3.05, 3.63) is 35.7 Å². The number of thioether (sulfide) groups is 1. The van der Waals surface area contributed by atoms with Crippen LogP contribution in [0.1, 0.15) is 24.2 Å². The zero-order valence-corrected chi connectivity index (χ0v) is 12.3. The van der Waals surface area contributed by atoms with Gasteiger partial charge >= 0.3 is 5.97 Å². The molecule has 0 radical (unpaired) electrons. The second-order valence-electron chi connectivity index (χ2n) is 4.67. The highest BCUT2D eigenvalue weighted by atomic mass is 32.2. The van der Waals surface area contributed by atoms with Crippen LogP contribution < -0.4 is 4.74 Å². The largest absolute Gasteiger partial charge is 0.492 e. The van der Waals surface area contributed by atoms with Gasteiger partial charge in [0, 0.05) is 12.1 Å². The number of benzene rings is 1. The SMILES string of the molecule is CCn1c(SCC(=O)O)nnc1C1COc2ccccc21. The summed E-state index contributed by atoms with van der Waals surface area (Å²) in [5.74, 6) is 0.883. The predicted molar refractivity (Wildman–Crippen MR) is 77.8 cm³/mol. The standard InChI is InChI=1S/C14H15N3O3S/c1-2-17-13(15-16-14(17)21-8-12(18)19)10-7-20-11-6-4-3-5-9(10)11/h3-6,10H,2,7-8H2,1H3,(H,18,19). The maximum atomic E-state index is 10.7. The number of ether oxygens (including phenoxy) is 1. The van der Waals surface area contributed by atoms with E-state index in [9.17, 15) is 4.79 Å². The molecule has 1 aliphatic heterocycles. The molecule has 6 nitrogen and oxygen atoms in total. The van der Waals surface area contributed by atoms with Gasteiger partial charge in [0.2, 0.25) is 0 Å². The van der Waals surface area contributed by atoms with E-state index in [-0.39, 0.29) is 11.7 Å². The highest BCUT2D eigenvalue weighted by Crippen LogP contribution is 2.37. The minimum absolute atomic E-state index is 0.0180. The number of carboxylic acids is 1. The van der Waals surface area contributed by atoms with Crippen LogP contribution >= 0.6 is 11.8 Å². The number of fused-ring (bicyclic) bond motifs is 1. The molecule has 110 valence electrons. The average Bonchev–Trinajstić information content (AvgIpc) is 3.08. The van der Waals surface area contributed by atoms with Gasteiger partial charge in [0.25, 0.3) is 0 Å². The van der Waals surface area contributed by atoms with E-state index in [1.165, 1.54) is 11.8 Å². The normalized spacial score (nSPS) is 16.5. The van der Waals surface area contributed by atoms with E-state index in [1.807, 2.05) is 35.8 Å². The summed E-state index contributed by atoms with van der Waals surface area (Å²) in [6.45, 7) is 3.24. The minimum Gasteiger partial charge on any atom is -0.492 e. The summed E-state index contributed by atoms with van der Waals surface area (Å²) in [5, 5.41) is 17.8. The van der Waals surface area contributed by atoms with Crippen molar-refractivity contribution in [1.82, 2.24) is 14.8 Å². The van der Waals surface area contributed by atoms with Crippen LogP contribution in [0, 0.1) is 0 Å². The first-order chi connectivity index (χ1) is 10.2. The molecule has 21 heavy (non-hydrogen) atoms. The number of hydrogen-bond donors (Lipinski definition) is 1. The number of rotatable bonds is 5. The fourth-order valence-corrected chi connectivity index (χ4v) is 3.19. The summed E-state index contributed by atoms with van der Waals surface area (Å²) >= 11 is 1.19. The lowest BCUT2D eigenvalue weighted by Crippen LogP contribution is -2.12. The predicted octanol–water partition coefficient (Wildman–Crippen LogP) is 2.00. The Morgan fingerprint density at radius 2 is 2.29 bits per heavy atom. The fraction of sp³-hybridized carbons (Fsp3) is 0.357. The molecule has 3 rings (SSSR count). The minimum atomic E-state index is -0.859. The third kappa shape index (κ3) is 2.61. The first-order valence-corrected chi connectivity index (χ1v) is 7.68. The first-order valence-electron chi connectivity index (χ1n) is 6.70. The van der Waals surface area contributed by atoms with Crippen LogP contribution in [-0.2, 0) is 11.3 Å². The molecular weight excluding hydrogens is 290 g/mol. The molecule has 1 unspecified atom stereocenters. The van der Waals surface area contributed by atoms with Crippen molar-refractivity contribution in [2.75, 3.05) is 12.4 Å². The highest BCUT2D eigenvalue weighted by Gasteiger charge is 2.30. The summed E-state index contributed by atoms with van der Waals surface area (Å²) in [6, 6.07) is 7.90. The van der Waals surface area contributed by atoms with Gasteiger partial charge in [0.05, 0.1) is 11.7 Å². The number of aliphatic carboxylic acids is 1. The molecule has 1 aromatic carbocycles. The van der Waals surface area contributed by atoms with Crippen LogP contribution in [0.3, 0.4) is 0 Å². The summed E-state index contributed by atoms with van der Waals surface area (Å²) in [6.07, 6.45) is 0. The third-order valence-corrected chi connectivity index (χ3v) is 4.35. The van der Waals surface area contributed by atoms with E-state index in [4.69, 9.17) is 9.84 Å². The average molecular weight is 305 g/mol. The van der Waals surface area contributed by atoms with E-state index in [1.54, 1.807) is 0 Å². The smallest absolute Gasteiger partial charge is 0.313 e. The summed E-state index contributed by atoms with van der Waals surface area (Å²) < 4.78 is 7.65. The molecule has 0 fully saturated rings. The Bertz CT molecular complexity index is 671. The van der Waals surface area contributed by atoms with Gasteiger partial charge in [-0.2, -0.15) is 0 Å². The molecule has 1 aliphatic rings. The summed E-state index contributed by atoms with van der Waals surface area (Å²) in [7, 11) is 0. The highest BCUT2D eigenvalue weighted by molar-refractivity contribution is 7.99. The van der Waals surface area contributed by atoms with Crippen molar-refractivity contribution in [1.29, 1.82) is 0 Å². The number of carbonyl (C=O) groups is 1. The Labute approximate surface area is 126 Å². The lowest BCUT2D eigenvalue weighted by atomic mass is 10.0. The lowest BCUT2D eigenvalue weighted by Gasteiger charge is -2.11. The molecule has 0 saturated carbocycles. The number of para-hydroxylation sites is 1. The molecule has 1 atom stereocenters. The van der Waals surface area contributed by atoms with Gasteiger partial charge in [-0.15, -0.1) is 10.2 Å². The van der Waals surface area contributed by atoms with Gasteiger partial charge in [-0.25, -0.2) is 0 Å². The van der Waals surface area contributed by atoms with Crippen molar-refractivity contribution in [2.45, 2.75) is 24.5 Å². The van der Waals surface area contributed by atoms with E-state index in [2.05, 4.69) is 10.2 Å². The van der Waals surface area contributed by atoms with Crippen LogP contribution in [-0.4, -0.2) is 38.2 Å². The zero-order valence-electron chi connectivity index (χ0n) is 11.5. The second kappa shape index (κ2) is 5.77. The van der Waals surface area contributed by atoms with Crippen molar-refractivity contribution < 1.29 is 14.6 Å². The van der Waals surface area contributed by atoms with Gasteiger partial charge in [-0.1, -0.05) is 30.0 Å². The van der Waals surface area contributed by atoms with Crippen molar-refractivity contribution >= 4 is 17.7 Å². The summed E-state index contributed by atoms with van der Waals surface area (Å²) in [5.41, 5.74) is 1.11. The molecule has 0 bridgehead atoms. The molecule has 2 aromatic rings. The van der Waals surface area contributed by atoms with Crippen molar-refractivity contribution in [3.8, 4) is 5.75 Å². The molecule has 0 saturated heterocycles. The van der Waals surface area contributed by atoms with Crippen LogP contribution in [0.5, 0.6) is 5.75 Å². The van der Waals surface area contributed by atoms with Crippen LogP contribution in [0.4, 0.5) is 0 Å². The molecule has 2 heterocycles. The van der Waals surface area contributed by atoms with Crippen molar-refractivity contribution in [2.24, 2.45) is 0 Å². The van der Waals surface area contributed by atoms with Crippen molar-refractivity contribution in [3.63, 3.8) is 0 Å². The Morgan fingerprint density at radius 3 is 3.05 bits per heavy atom.